The highest BCUT2D eigenvalue weighted by Gasteiger charge is 2.47. The van der Waals surface area contributed by atoms with E-state index >= 15 is 0 Å². The van der Waals surface area contributed by atoms with Gasteiger partial charge in [0.2, 0.25) is 10.0 Å². The van der Waals surface area contributed by atoms with Crippen molar-refractivity contribution in [3.8, 4) is 0 Å². The minimum atomic E-state index is -3.77. The number of rotatable bonds is 6. The van der Waals surface area contributed by atoms with Gasteiger partial charge in [0.1, 0.15) is 11.4 Å². The lowest BCUT2D eigenvalue weighted by atomic mass is 10.00. The minimum absolute atomic E-state index is 0.0117. The van der Waals surface area contributed by atoms with Crippen LogP contribution >= 0.6 is 0 Å². The quantitative estimate of drug-likeness (QED) is 0.595. The van der Waals surface area contributed by atoms with Crippen molar-refractivity contribution in [2.45, 2.75) is 37.1 Å². The fourth-order valence-corrected chi connectivity index (χ4v) is 4.96. The molecule has 10 nitrogen and oxygen atoms in total. The molecule has 0 unspecified atom stereocenters. The molecule has 1 aromatic rings. The smallest absolute Gasteiger partial charge is 0.322 e. The van der Waals surface area contributed by atoms with Crippen molar-refractivity contribution in [1.29, 1.82) is 0 Å². The van der Waals surface area contributed by atoms with Gasteiger partial charge in [-0.25, -0.2) is 17.6 Å². The number of carbonyl (C=O) groups excluding carboxylic acids is 3. The van der Waals surface area contributed by atoms with E-state index in [4.69, 9.17) is 0 Å². The summed E-state index contributed by atoms with van der Waals surface area (Å²) in [6.45, 7) is 4.43. The average molecular weight is 456 g/mol. The molecular formula is C19H26FN5O5S. The van der Waals surface area contributed by atoms with Crippen LogP contribution in [0.5, 0.6) is 0 Å². The number of amides is 4. The summed E-state index contributed by atoms with van der Waals surface area (Å²) in [5, 5.41) is 3.24. The molecule has 2 heterocycles. The number of hydrazine groups is 1. The second kappa shape index (κ2) is 8.89. The number of halogens is 1. The lowest BCUT2D eigenvalue weighted by Crippen LogP contribution is -2.51. The van der Waals surface area contributed by atoms with Gasteiger partial charge in [-0.3, -0.25) is 19.9 Å². The van der Waals surface area contributed by atoms with Crippen LogP contribution in [0.25, 0.3) is 0 Å². The third kappa shape index (κ3) is 4.86. The number of nitrogens with one attached hydrogen (secondary N) is 2. The first-order chi connectivity index (χ1) is 14.6. The average Bonchev–Trinajstić information content (AvgIpc) is 2.88. The van der Waals surface area contributed by atoms with Crippen molar-refractivity contribution in [1.82, 2.24) is 25.0 Å². The fraction of sp³-hybridized carbons (Fsp3) is 0.526. The molecule has 0 radical (unpaired) electrons. The Labute approximate surface area is 180 Å². The molecule has 0 saturated carbocycles. The zero-order chi connectivity index (χ0) is 22.8. The number of urea groups is 1. The Hall–Kier alpha value is -2.57. The number of nitrogens with zero attached hydrogens (tertiary/aromatic N) is 3. The van der Waals surface area contributed by atoms with Gasteiger partial charge in [0.15, 0.2) is 0 Å². The van der Waals surface area contributed by atoms with Crippen LogP contribution < -0.4 is 10.7 Å². The summed E-state index contributed by atoms with van der Waals surface area (Å²) in [5.41, 5.74) is 1.28. The monoisotopic (exact) mass is 455 g/mol. The number of benzene rings is 1. The molecule has 0 spiro atoms. The first-order valence-corrected chi connectivity index (χ1v) is 11.4. The molecule has 3 rings (SSSR count). The van der Waals surface area contributed by atoms with Gasteiger partial charge < -0.3 is 5.32 Å². The molecule has 0 aliphatic carbocycles. The predicted molar refractivity (Wildman–Crippen MR) is 108 cm³/mol. The molecule has 1 atom stereocenters. The van der Waals surface area contributed by atoms with E-state index in [0.717, 1.165) is 12.1 Å². The number of hydrogen-bond acceptors (Lipinski definition) is 6. The summed E-state index contributed by atoms with van der Waals surface area (Å²) < 4.78 is 40.0. The van der Waals surface area contributed by atoms with Gasteiger partial charge in [-0.05, 0) is 50.6 Å². The molecule has 0 aromatic heterocycles. The van der Waals surface area contributed by atoms with Gasteiger partial charge in [-0.15, -0.1) is 0 Å². The maximum atomic E-state index is 13.1. The van der Waals surface area contributed by atoms with E-state index in [2.05, 4.69) is 10.7 Å². The van der Waals surface area contributed by atoms with E-state index in [9.17, 15) is 27.2 Å². The van der Waals surface area contributed by atoms with Gasteiger partial charge in [-0.1, -0.05) is 6.92 Å². The zero-order valence-electron chi connectivity index (χ0n) is 17.4. The summed E-state index contributed by atoms with van der Waals surface area (Å²) in [4.78, 5) is 38.6. The Bertz CT molecular complexity index is 970. The van der Waals surface area contributed by atoms with E-state index in [1.807, 2.05) is 0 Å². The second-order valence-corrected chi connectivity index (χ2v) is 9.72. The van der Waals surface area contributed by atoms with Gasteiger partial charge in [0, 0.05) is 19.6 Å². The van der Waals surface area contributed by atoms with Crippen LogP contribution in [0.15, 0.2) is 29.2 Å². The summed E-state index contributed by atoms with van der Waals surface area (Å²) in [6.07, 6.45) is 0.874. The molecular weight excluding hydrogens is 429 g/mol. The number of imide groups is 1. The molecule has 0 bridgehead atoms. The van der Waals surface area contributed by atoms with Crippen LogP contribution in [0, 0.1) is 5.82 Å². The fourth-order valence-electron chi connectivity index (χ4n) is 3.49. The Balaban J connectivity index is 1.58. The third-order valence-electron chi connectivity index (χ3n) is 5.57. The first kappa shape index (κ1) is 23.1. The van der Waals surface area contributed by atoms with Crippen LogP contribution in [-0.2, 0) is 19.6 Å². The number of carbonyl (C=O) groups is 3. The van der Waals surface area contributed by atoms with Crippen LogP contribution in [0.3, 0.4) is 0 Å². The van der Waals surface area contributed by atoms with Gasteiger partial charge in [-0.2, -0.15) is 9.31 Å². The largest absolute Gasteiger partial charge is 0.344 e. The highest BCUT2D eigenvalue weighted by molar-refractivity contribution is 7.89. The van der Waals surface area contributed by atoms with E-state index in [-0.39, 0.29) is 24.5 Å². The van der Waals surface area contributed by atoms with Crippen molar-refractivity contribution in [2.24, 2.45) is 0 Å². The maximum absolute atomic E-state index is 13.1. The van der Waals surface area contributed by atoms with E-state index in [1.54, 1.807) is 18.7 Å². The highest BCUT2D eigenvalue weighted by atomic mass is 32.2. The molecule has 2 aliphatic rings. The molecule has 4 amide bonds. The topological polar surface area (TPSA) is 119 Å². The molecule has 2 saturated heterocycles. The van der Waals surface area contributed by atoms with Crippen molar-refractivity contribution in [3.63, 3.8) is 0 Å². The Morgan fingerprint density at radius 3 is 2.45 bits per heavy atom. The van der Waals surface area contributed by atoms with E-state index in [1.165, 1.54) is 16.4 Å². The lowest BCUT2D eigenvalue weighted by molar-refractivity contribution is -0.139. The van der Waals surface area contributed by atoms with Gasteiger partial charge in [0.05, 0.1) is 11.4 Å². The second-order valence-electron chi connectivity index (χ2n) is 7.78. The summed E-state index contributed by atoms with van der Waals surface area (Å²) in [6, 6.07) is 3.96. The molecule has 1 aromatic carbocycles. The summed E-state index contributed by atoms with van der Waals surface area (Å²) >= 11 is 0. The number of sulfonamides is 1. The van der Waals surface area contributed by atoms with Gasteiger partial charge >= 0.3 is 6.03 Å². The molecule has 2 N–H and O–H groups in total. The molecule has 2 fully saturated rings. The van der Waals surface area contributed by atoms with Crippen molar-refractivity contribution in [3.05, 3.63) is 30.1 Å². The normalized spacial score (nSPS) is 23.5. The Morgan fingerprint density at radius 2 is 1.84 bits per heavy atom. The standard InChI is InChI=1S/C19H26FN5O5S/c1-3-19(2)17(27)25(18(28)21-19)22-16(26)13-23-9-4-10-24(12-11-23)31(29,30)15-7-5-14(20)6-8-15/h5-8H,3-4,9-13H2,1-2H3,(H,21,28)(H,22,26)/t19-/m0/s1. The number of hydrogen-bond donors (Lipinski definition) is 2. The Kier molecular flexibility index (Phi) is 6.62. The highest BCUT2D eigenvalue weighted by Crippen LogP contribution is 2.20. The maximum Gasteiger partial charge on any atom is 0.344 e. The molecule has 12 heteroatoms. The van der Waals surface area contributed by atoms with Crippen LogP contribution in [0.1, 0.15) is 26.7 Å². The van der Waals surface area contributed by atoms with Crippen molar-refractivity contribution >= 4 is 27.9 Å². The van der Waals surface area contributed by atoms with E-state index < -0.39 is 39.2 Å². The molecule has 31 heavy (non-hydrogen) atoms. The lowest BCUT2D eigenvalue weighted by Gasteiger charge is -2.23. The van der Waals surface area contributed by atoms with Crippen LogP contribution in [0.4, 0.5) is 9.18 Å². The van der Waals surface area contributed by atoms with Crippen molar-refractivity contribution in [2.75, 3.05) is 32.7 Å². The van der Waals surface area contributed by atoms with Crippen molar-refractivity contribution < 1.29 is 27.2 Å². The molecule has 2 aliphatic heterocycles. The van der Waals surface area contributed by atoms with Gasteiger partial charge in [0.25, 0.3) is 11.8 Å². The summed E-state index contributed by atoms with van der Waals surface area (Å²) in [5.74, 6) is -1.59. The van der Waals surface area contributed by atoms with E-state index in [0.29, 0.717) is 30.9 Å². The third-order valence-corrected chi connectivity index (χ3v) is 7.48. The van der Waals surface area contributed by atoms with Crippen LogP contribution in [0.2, 0.25) is 0 Å². The molecule has 170 valence electrons. The Morgan fingerprint density at radius 1 is 1.16 bits per heavy atom. The predicted octanol–water partition coefficient (Wildman–Crippen LogP) is 0.274. The SMILES string of the molecule is CC[C@]1(C)NC(=O)N(NC(=O)CN2CCCN(S(=O)(=O)c3ccc(F)cc3)CC2)C1=O. The van der Waals surface area contributed by atoms with Crippen LogP contribution in [-0.4, -0.2) is 78.7 Å². The zero-order valence-corrected chi connectivity index (χ0v) is 18.2. The minimum Gasteiger partial charge on any atom is -0.322 e. The summed E-state index contributed by atoms with van der Waals surface area (Å²) in [7, 11) is -3.77. The first-order valence-electron chi connectivity index (χ1n) is 10.0.